The van der Waals surface area contributed by atoms with Gasteiger partial charge >= 0.3 is 0 Å². The van der Waals surface area contributed by atoms with Crippen LogP contribution in [0.4, 0.5) is 11.4 Å². The number of rotatable bonds is 6. The number of hydrogen-bond donors (Lipinski definition) is 2. The zero-order valence-corrected chi connectivity index (χ0v) is 17.4. The Labute approximate surface area is 177 Å². The van der Waals surface area contributed by atoms with Crippen LogP contribution in [0.3, 0.4) is 0 Å². The maximum atomic E-state index is 12.5. The smallest absolute Gasteiger partial charge is 0.227 e. The normalized spacial score (nSPS) is 14.0. The molecule has 3 rings (SSSR count). The predicted molar refractivity (Wildman–Crippen MR) is 117 cm³/mol. The SMILES string of the molecule is COc1ccc(NC(=O)C2CCN(C(=O)CCc3ccccc3)CC2)cc1N.Cl. The van der Waals surface area contributed by atoms with Crippen molar-refractivity contribution < 1.29 is 14.3 Å². The Morgan fingerprint density at radius 2 is 1.83 bits per heavy atom. The molecule has 1 fully saturated rings. The summed E-state index contributed by atoms with van der Waals surface area (Å²) in [6.07, 6.45) is 2.61. The summed E-state index contributed by atoms with van der Waals surface area (Å²) >= 11 is 0. The molecule has 1 aliphatic heterocycles. The largest absolute Gasteiger partial charge is 0.495 e. The number of halogens is 1. The molecule has 0 atom stereocenters. The first-order valence-corrected chi connectivity index (χ1v) is 9.63. The number of nitrogens with two attached hydrogens (primary N) is 1. The lowest BCUT2D eigenvalue weighted by atomic mass is 9.95. The minimum atomic E-state index is -0.0958. The molecule has 0 saturated carbocycles. The van der Waals surface area contributed by atoms with Gasteiger partial charge in [-0.3, -0.25) is 9.59 Å². The Morgan fingerprint density at radius 1 is 1.14 bits per heavy atom. The van der Waals surface area contributed by atoms with E-state index in [1.165, 1.54) is 5.56 Å². The van der Waals surface area contributed by atoms with Crippen LogP contribution in [0.1, 0.15) is 24.8 Å². The van der Waals surface area contributed by atoms with Gasteiger partial charge in [-0.15, -0.1) is 12.4 Å². The molecule has 0 spiro atoms. The van der Waals surface area contributed by atoms with Gasteiger partial charge in [-0.25, -0.2) is 0 Å². The van der Waals surface area contributed by atoms with Crippen LogP contribution in [0.15, 0.2) is 48.5 Å². The lowest BCUT2D eigenvalue weighted by Gasteiger charge is -2.31. The molecule has 6 nitrogen and oxygen atoms in total. The van der Waals surface area contributed by atoms with Crippen LogP contribution in [-0.4, -0.2) is 36.9 Å². The lowest BCUT2D eigenvalue weighted by Crippen LogP contribution is -2.41. The number of piperidine rings is 1. The summed E-state index contributed by atoms with van der Waals surface area (Å²) in [4.78, 5) is 26.8. The van der Waals surface area contributed by atoms with Crippen LogP contribution < -0.4 is 15.8 Å². The van der Waals surface area contributed by atoms with E-state index in [0.717, 1.165) is 6.42 Å². The van der Waals surface area contributed by atoms with E-state index in [0.29, 0.717) is 49.5 Å². The van der Waals surface area contributed by atoms with Gasteiger partial charge in [-0.2, -0.15) is 0 Å². The van der Waals surface area contributed by atoms with Crippen LogP contribution in [0, 0.1) is 5.92 Å². The predicted octanol–water partition coefficient (Wildman–Crippen LogP) is 3.51. The maximum Gasteiger partial charge on any atom is 0.227 e. The molecule has 29 heavy (non-hydrogen) atoms. The Balaban J connectivity index is 0.00000300. The number of carbonyl (C=O) groups is 2. The highest BCUT2D eigenvalue weighted by Crippen LogP contribution is 2.26. The van der Waals surface area contributed by atoms with Gasteiger partial charge in [0.15, 0.2) is 0 Å². The fourth-order valence-electron chi connectivity index (χ4n) is 3.50. The van der Waals surface area contributed by atoms with Crippen molar-refractivity contribution in [1.29, 1.82) is 0 Å². The van der Waals surface area contributed by atoms with Gasteiger partial charge in [0.1, 0.15) is 5.75 Å². The first-order chi connectivity index (χ1) is 13.6. The fourth-order valence-corrected chi connectivity index (χ4v) is 3.50. The topological polar surface area (TPSA) is 84.7 Å². The van der Waals surface area contributed by atoms with Crippen LogP contribution in [0.25, 0.3) is 0 Å². The number of anilines is 2. The van der Waals surface area contributed by atoms with Crippen molar-refractivity contribution >= 4 is 35.6 Å². The number of hydrogen-bond acceptors (Lipinski definition) is 4. The Morgan fingerprint density at radius 3 is 2.45 bits per heavy atom. The average molecular weight is 418 g/mol. The average Bonchev–Trinajstić information content (AvgIpc) is 2.73. The standard InChI is InChI=1S/C22H27N3O3.ClH/c1-28-20-9-8-18(15-19(20)23)24-22(27)17-11-13-25(14-12-17)21(26)10-7-16-5-3-2-4-6-16;/h2-6,8-9,15,17H,7,10-14,23H2,1H3,(H,24,27);1H. The molecule has 2 amide bonds. The molecule has 3 N–H and O–H groups in total. The zero-order valence-electron chi connectivity index (χ0n) is 16.6. The van der Waals surface area contributed by atoms with Crippen molar-refractivity contribution in [2.75, 3.05) is 31.2 Å². The molecule has 0 radical (unpaired) electrons. The van der Waals surface area contributed by atoms with E-state index in [9.17, 15) is 9.59 Å². The molecule has 0 aliphatic carbocycles. The second kappa shape index (κ2) is 10.7. The van der Waals surface area contributed by atoms with Crippen molar-refractivity contribution in [3.63, 3.8) is 0 Å². The van der Waals surface area contributed by atoms with Gasteiger partial charge in [0.2, 0.25) is 11.8 Å². The highest BCUT2D eigenvalue weighted by Gasteiger charge is 2.27. The summed E-state index contributed by atoms with van der Waals surface area (Å²) in [6, 6.07) is 15.2. The first kappa shape index (κ1) is 22.6. The van der Waals surface area contributed by atoms with Crippen molar-refractivity contribution in [3.8, 4) is 5.75 Å². The minimum absolute atomic E-state index is 0. The summed E-state index contributed by atoms with van der Waals surface area (Å²) in [7, 11) is 1.55. The highest BCUT2D eigenvalue weighted by atomic mass is 35.5. The van der Waals surface area contributed by atoms with E-state index in [1.54, 1.807) is 25.3 Å². The first-order valence-electron chi connectivity index (χ1n) is 9.63. The third kappa shape index (κ3) is 6.12. The lowest BCUT2D eigenvalue weighted by molar-refractivity contribution is -0.134. The zero-order chi connectivity index (χ0) is 19.9. The number of ether oxygens (including phenoxy) is 1. The Kier molecular flexibility index (Phi) is 8.34. The van der Waals surface area contributed by atoms with Gasteiger partial charge in [0.25, 0.3) is 0 Å². The van der Waals surface area contributed by atoms with Crippen LogP contribution >= 0.6 is 12.4 Å². The van der Waals surface area contributed by atoms with Crippen molar-refractivity contribution in [2.24, 2.45) is 5.92 Å². The quantitative estimate of drug-likeness (QED) is 0.704. The number of nitrogens with one attached hydrogen (secondary N) is 1. The number of methoxy groups -OCH3 is 1. The molecule has 0 aromatic heterocycles. The van der Waals surface area contributed by atoms with E-state index in [4.69, 9.17) is 10.5 Å². The summed E-state index contributed by atoms with van der Waals surface area (Å²) in [6.45, 7) is 1.24. The van der Waals surface area contributed by atoms with Crippen molar-refractivity contribution in [1.82, 2.24) is 4.90 Å². The third-order valence-electron chi connectivity index (χ3n) is 5.19. The molecule has 0 bridgehead atoms. The van der Waals surface area contributed by atoms with Gasteiger partial charge in [0, 0.05) is 31.1 Å². The number of carbonyl (C=O) groups excluding carboxylic acids is 2. The molecule has 2 aromatic carbocycles. The van der Waals surface area contributed by atoms with Crippen molar-refractivity contribution in [2.45, 2.75) is 25.7 Å². The second-order valence-corrected chi connectivity index (χ2v) is 7.09. The Hall–Kier alpha value is -2.73. The fraction of sp³-hybridized carbons (Fsp3) is 0.364. The number of nitrogen functional groups attached to an aromatic ring is 1. The molecule has 2 aromatic rings. The molecular weight excluding hydrogens is 390 g/mol. The summed E-state index contributed by atoms with van der Waals surface area (Å²) in [5.41, 5.74) is 8.20. The van der Waals surface area contributed by atoms with E-state index < -0.39 is 0 Å². The maximum absolute atomic E-state index is 12.5. The van der Waals surface area contributed by atoms with Gasteiger partial charge in [0.05, 0.1) is 12.8 Å². The minimum Gasteiger partial charge on any atom is -0.495 e. The summed E-state index contributed by atoms with van der Waals surface area (Å²) in [5, 5.41) is 2.92. The molecule has 1 saturated heterocycles. The number of benzene rings is 2. The second-order valence-electron chi connectivity index (χ2n) is 7.09. The number of aryl methyl sites for hydroxylation is 1. The molecule has 1 heterocycles. The number of likely N-dealkylation sites (tertiary alicyclic amines) is 1. The van der Waals surface area contributed by atoms with E-state index in [2.05, 4.69) is 5.32 Å². The molecule has 7 heteroatoms. The monoisotopic (exact) mass is 417 g/mol. The highest BCUT2D eigenvalue weighted by molar-refractivity contribution is 5.93. The van der Waals surface area contributed by atoms with Crippen LogP contribution in [0.5, 0.6) is 5.75 Å². The number of amides is 2. The van der Waals surface area contributed by atoms with E-state index >= 15 is 0 Å². The van der Waals surface area contributed by atoms with E-state index in [1.807, 2.05) is 35.2 Å². The van der Waals surface area contributed by atoms with Crippen LogP contribution in [-0.2, 0) is 16.0 Å². The molecular formula is C22H28ClN3O3. The van der Waals surface area contributed by atoms with Crippen LogP contribution in [0.2, 0.25) is 0 Å². The van der Waals surface area contributed by atoms with Gasteiger partial charge < -0.3 is 20.7 Å². The third-order valence-corrected chi connectivity index (χ3v) is 5.19. The number of nitrogens with zero attached hydrogens (tertiary/aromatic N) is 1. The molecule has 1 aliphatic rings. The molecule has 0 unspecified atom stereocenters. The summed E-state index contributed by atoms with van der Waals surface area (Å²) in [5.74, 6) is 0.619. The van der Waals surface area contributed by atoms with E-state index in [-0.39, 0.29) is 30.1 Å². The van der Waals surface area contributed by atoms with Gasteiger partial charge in [-0.1, -0.05) is 30.3 Å². The Bertz CT molecular complexity index is 821. The summed E-state index contributed by atoms with van der Waals surface area (Å²) < 4.78 is 5.13. The van der Waals surface area contributed by atoms with Gasteiger partial charge in [-0.05, 0) is 43.0 Å². The van der Waals surface area contributed by atoms with Crippen molar-refractivity contribution in [3.05, 3.63) is 54.1 Å². The molecule has 156 valence electrons.